The summed E-state index contributed by atoms with van der Waals surface area (Å²) in [5.41, 5.74) is 7.84. The van der Waals surface area contributed by atoms with Crippen LogP contribution in [0.2, 0.25) is 0 Å². The minimum absolute atomic E-state index is 0.341. The first-order valence-electron chi connectivity index (χ1n) is 5.82. The molecule has 1 saturated carbocycles. The number of nitrogens with one attached hydrogen (secondary N) is 1. The molecule has 4 heteroatoms. The van der Waals surface area contributed by atoms with E-state index >= 15 is 0 Å². The predicted octanol–water partition coefficient (Wildman–Crippen LogP) is 2.12. The van der Waals surface area contributed by atoms with Gasteiger partial charge in [-0.25, -0.2) is 0 Å². The van der Waals surface area contributed by atoms with Crippen LogP contribution in [-0.2, 0) is 4.74 Å². The first kappa shape index (κ1) is 11.7. The number of anilines is 2. The van der Waals surface area contributed by atoms with E-state index in [2.05, 4.69) is 11.4 Å². The Morgan fingerprint density at radius 3 is 2.94 bits per heavy atom. The zero-order valence-electron chi connectivity index (χ0n) is 9.94. The van der Waals surface area contributed by atoms with Crippen LogP contribution >= 0.6 is 0 Å². The molecule has 90 valence electrons. The lowest BCUT2D eigenvalue weighted by atomic mass is 10.1. The Morgan fingerprint density at radius 1 is 1.47 bits per heavy atom. The third kappa shape index (κ3) is 2.51. The number of hydrogen-bond donors (Lipinski definition) is 2. The Bertz CT molecular complexity index is 439. The molecule has 0 heterocycles. The van der Waals surface area contributed by atoms with Crippen LogP contribution in [0, 0.1) is 11.3 Å². The fourth-order valence-corrected chi connectivity index (χ4v) is 2.29. The van der Waals surface area contributed by atoms with Gasteiger partial charge in [0.05, 0.1) is 23.0 Å². The number of methoxy groups -OCH3 is 1. The number of nitrogens with zero attached hydrogens (tertiary/aromatic N) is 1. The molecule has 1 aliphatic rings. The van der Waals surface area contributed by atoms with Crippen LogP contribution in [0.3, 0.4) is 0 Å². The molecule has 2 rings (SSSR count). The van der Waals surface area contributed by atoms with Crippen LogP contribution in [0.1, 0.15) is 24.8 Å². The Labute approximate surface area is 101 Å². The van der Waals surface area contributed by atoms with Crippen LogP contribution in [0.5, 0.6) is 0 Å². The predicted molar refractivity (Wildman–Crippen MR) is 67.6 cm³/mol. The van der Waals surface area contributed by atoms with E-state index in [4.69, 9.17) is 15.7 Å². The highest BCUT2D eigenvalue weighted by Crippen LogP contribution is 2.28. The molecule has 0 spiro atoms. The third-order valence-corrected chi connectivity index (χ3v) is 3.30. The standard InChI is InChI=1S/C13H17N3O/c1-17-11-6-5-10(7-11)16-12-4-2-3-9(8-14)13(12)15/h2-4,10-11,16H,5-7,15H2,1H3. The van der Waals surface area contributed by atoms with Gasteiger partial charge in [0.1, 0.15) is 6.07 Å². The Kier molecular flexibility index (Phi) is 3.50. The molecule has 17 heavy (non-hydrogen) atoms. The van der Waals surface area contributed by atoms with Crippen LogP contribution in [-0.4, -0.2) is 19.3 Å². The molecule has 0 aliphatic heterocycles. The highest BCUT2D eigenvalue weighted by atomic mass is 16.5. The van der Waals surface area contributed by atoms with E-state index < -0.39 is 0 Å². The van der Waals surface area contributed by atoms with Crippen LogP contribution < -0.4 is 11.1 Å². The number of para-hydroxylation sites is 1. The first-order valence-corrected chi connectivity index (χ1v) is 5.82. The van der Waals surface area contributed by atoms with Gasteiger partial charge in [-0.3, -0.25) is 0 Å². The molecule has 0 bridgehead atoms. The van der Waals surface area contributed by atoms with Crippen molar-refractivity contribution < 1.29 is 4.74 Å². The van der Waals surface area contributed by atoms with Crippen molar-refractivity contribution in [3.05, 3.63) is 23.8 Å². The second-order valence-corrected chi connectivity index (χ2v) is 4.39. The summed E-state index contributed by atoms with van der Waals surface area (Å²) in [4.78, 5) is 0. The summed E-state index contributed by atoms with van der Waals surface area (Å²) >= 11 is 0. The van der Waals surface area contributed by atoms with Gasteiger partial charge in [0.2, 0.25) is 0 Å². The minimum Gasteiger partial charge on any atom is -0.396 e. The van der Waals surface area contributed by atoms with Crippen molar-refractivity contribution in [3.8, 4) is 6.07 Å². The molecule has 2 atom stereocenters. The Morgan fingerprint density at radius 2 is 2.29 bits per heavy atom. The van der Waals surface area contributed by atoms with Crippen molar-refractivity contribution in [2.24, 2.45) is 0 Å². The summed E-state index contributed by atoms with van der Waals surface area (Å²) in [6.45, 7) is 0. The fourth-order valence-electron chi connectivity index (χ4n) is 2.29. The topological polar surface area (TPSA) is 71.1 Å². The first-order chi connectivity index (χ1) is 8.24. The normalized spacial score (nSPS) is 23.3. The maximum absolute atomic E-state index is 8.91. The number of ether oxygens (including phenoxy) is 1. The zero-order valence-corrected chi connectivity index (χ0v) is 9.94. The molecular formula is C13H17N3O. The van der Waals surface area contributed by atoms with Gasteiger partial charge in [0.15, 0.2) is 0 Å². The quantitative estimate of drug-likeness (QED) is 0.782. The Balaban J connectivity index is 2.07. The molecule has 1 aliphatic carbocycles. The van der Waals surface area contributed by atoms with Crippen molar-refractivity contribution >= 4 is 11.4 Å². The largest absolute Gasteiger partial charge is 0.396 e. The van der Waals surface area contributed by atoms with Crippen LogP contribution in [0.15, 0.2) is 18.2 Å². The van der Waals surface area contributed by atoms with Crippen LogP contribution in [0.4, 0.5) is 11.4 Å². The molecule has 0 radical (unpaired) electrons. The molecule has 0 aromatic heterocycles. The lowest BCUT2D eigenvalue weighted by Gasteiger charge is -2.16. The molecule has 1 aromatic carbocycles. The molecule has 0 saturated heterocycles. The molecule has 1 aromatic rings. The lowest BCUT2D eigenvalue weighted by Crippen LogP contribution is -2.18. The summed E-state index contributed by atoms with van der Waals surface area (Å²) in [6.07, 6.45) is 3.49. The fraction of sp³-hybridized carbons (Fsp3) is 0.462. The SMILES string of the molecule is COC1CCC(Nc2cccc(C#N)c2N)C1. The molecule has 4 nitrogen and oxygen atoms in total. The summed E-state index contributed by atoms with van der Waals surface area (Å²) in [5, 5.41) is 12.3. The van der Waals surface area contributed by atoms with Gasteiger partial charge in [-0.15, -0.1) is 0 Å². The highest BCUT2D eigenvalue weighted by Gasteiger charge is 2.24. The van der Waals surface area contributed by atoms with E-state index in [1.165, 1.54) is 0 Å². The van der Waals surface area contributed by atoms with E-state index in [-0.39, 0.29) is 0 Å². The van der Waals surface area contributed by atoms with Gasteiger partial charge in [0.25, 0.3) is 0 Å². The maximum atomic E-state index is 8.91. The number of rotatable bonds is 3. The van der Waals surface area contributed by atoms with Gasteiger partial charge in [0, 0.05) is 13.2 Å². The molecular weight excluding hydrogens is 214 g/mol. The second-order valence-electron chi connectivity index (χ2n) is 4.39. The molecule has 3 N–H and O–H groups in total. The van der Waals surface area contributed by atoms with E-state index in [1.807, 2.05) is 12.1 Å². The third-order valence-electron chi connectivity index (χ3n) is 3.30. The summed E-state index contributed by atoms with van der Waals surface area (Å²) in [5.74, 6) is 0. The number of nitriles is 1. The smallest absolute Gasteiger partial charge is 0.101 e. The van der Waals surface area contributed by atoms with E-state index in [0.29, 0.717) is 23.4 Å². The number of hydrogen-bond acceptors (Lipinski definition) is 4. The molecule has 2 unspecified atom stereocenters. The van der Waals surface area contributed by atoms with Crippen molar-refractivity contribution in [2.45, 2.75) is 31.4 Å². The van der Waals surface area contributed by atoms with Crippen LogP contribution in [0.25, 0.3) is 0 Å². The second kappa shape index (κ2) is 5.07. The summed E-state index contributed by atoms with van der Waals surface area (Å²) in [7, 11) is 1.75. The van der Waals surface area contributed by atoms with Gasteiger partial charge in [-0.05, 0) is 31.4 Å². The average Bonchev–Trinajstić information content (AvgIpc) is 2.79. The number of benzene rings is 1. The summed E-state index contributed by atoms with van der Waals surface area (Å²) in [6, 6.07) is 7.97. The van der Waals surface area contributed by atoms with E-state index in [9.17, 15) is 0 Å². The Hall–Kier alpha value is -1.73. The van der Waals surface area contributed by atoms with E-state index in [0.717, 1.165) is 24.9 Å². The maximum Gasteiger partial charge on any atom is 0.101 e. The van der Waals surface area contributed by atoms with Gasteiger partial charge in [-0.1, -0.05) is 6.07 Å². The monoisotopic (exact) mass is 231 g/mol. The van der Waals surface area contributed by atoms with Crippen molar-refractivity contribution in [1.82, 2.24) is 0 Å². The number of nitrogen functional groups attached to an aromatic ring is 1. The van der Waals surface area contributed by atoms with Gasteiger partial charge >= 0.3 is 0 Å². The molecule has 1 fully saturated rings. The zero-order chi connectivity index (χ0) is 12.3. The van der Waals surface area contributed by atoms with E-state index in [1.54, 1.807) is 13.2 Å². The number of nitrogens with two attached hydrogens (primary N) is 1. The van der Waals surface area contributed by atoms with Gasteiger partial charge < -0.3 is 15.8 Å². The summed E-state index contributed by atoms with van der Waals surface area (Å²) < 4.78 is 5.33. The van der Waals surface area contributed by atoms with Crippen molar-refractivity contribution in [2.75, 3.05) is 18.2 Å². The highest BCUT2D eigenvalue weighted by molar-refractivity contribution is 5.73. The average molecular weight is 231 g/mol. The van der Waals surface area contributed by atoms with Gasteiger partial charge in [-0.2, -0.15) is 5.26 Å². The lowest BCUT2D eigenvalue weighted by molar-refractivity contribution is 0.108. The minimum atomic E-state index is 0.341. The molecule has 0 amide bonds. The van der Waals surface area contributed by atoms with Crippen molar-refractivity contribution in [3.63, 3.8) is 0 Å². The van der Waals surface area contributed by atoms with Crippen molar-refractivity contribution in [1.29, 1.82) is 5.26 Å².